The van der Waals surface area contributed by atoms with Gasteiger partial charge in [0.15, 0.2) is 0 Å². The van der Waals surface area contributed by atoms with E-state index in [9.17, 15) is 5.11 Å². The van der Waals surface area contributed by atoms with Gasteiger partial charge in [0.25, 0.3) is 0 Å². The molecule has 0 fully saturated rings. The Balaban J connectivity index is 2.71. The molecule has 0 aliphatic carbocycles. The maximum Gasteiger partial charge on any atom is 0.0992 e. The third-order valence-corrected chi connectivity index (χ3v) is 2.98. The number of nitrogens with one attached hydrogen (secondary N) is 1. The van der Waals surface area contributed by atoms with Gasteiger partial charge in [-0.15, -0.1) is 0 Å². The van der Waals surface area contributed by atoms with Gasteiger partial charge in [-0.25, -0.2) is 0 Å². The summed E-state index contributed by atoms with van der Waals surface area (Å²) in [5.74, 6) is 0. The summed E-state index contributed by atoms with van der Waals surface area (Å²) in [6.07, 6.45) is 3.30. The molecule has 2 N–H and O–H groups in total. The van der Waals surface area contributed by atoms with Crippen LogP contribution < -0.4 is 5.32 Å². The summed E-state index contributed by atoms with van der Waals surface area (Å²) in [6, 6.07) is 8.29. The lowest BCUT2D eigenvalue weighted by molar-refractivity contribution is 0.0571. The Morgan fingerprint density at radius 1 is 1.24 bits per heavy atom. The highest BCUT2D eigenvalue weighted by atomic mass is 16.3. The lowest BCUT2D eigenvalue weighted by Crippen LogP contribution is -2.35. The van der Waals surface area contributed by atoms with Gasteiger partial charge in [0.2, 0.25) is 0 Å². The van der Waals surface area contributed by atoms with E-state index in [2.05, 4.69) is 31.3 Å². The smallest absolute Gasteiger partial charge is 0.0992 e. The van der Waals surface area contributed by atoms with Crippen LogP contribution in [0.3, 0.4) is 0 Å². The van der Waals surface area contributed by atoms with Gasteiger partial charge in [0, 0.05) is 6.54 Å². The molecule has 1 aromatic carbocycles. The summed E-state index contributed by atoms with van der Waals surface area (Å²) in [7, 11) is 0. The maximum absolute atomic E-state index is 10.4. The van der Waals surface area contributed by atoms with Gasteiger partial charge in [-0.3, -0.25) is 0 Å². The second-order valence-corrected chi connectivity index (χ2v) is 4.90. The molecule has 0 spiro atoms. The van der Waals surface area contributed by atoms with Crippen LogP contribution in [0, 0.1) is 0 Å². The van der Waals surface area contributed by atoms with Crippen molar-refractivity contribution in [1.29, 1.82) is 0 Å². The van der Waals surface area contributed by atoms with E-state index in [0.717, 1.165) is 31.4 Å². The predicted octanol–water partition coefficient (Wildman–Crippen LogP) is 2.85. The number of rotatable bonds is 7. The highest BCUT2D eigenvalue weighted by Gasteiger charge is 2.22. The van der Waals surface area contributed by atoms with Gasteiger partial charge < -0.3 is 10.4 Å². The first kappa shape index (κ1) is 14.2. The normalized spacial score (nSPS) is 14.6. The van der Waals surface area contributed by atoms with Crippen LogP contribution in [0.2, 0.25) is 0 Å². The van der Waals surface area contributed by atoms with E-state index in [0.29, 0.717) is 6.54 Å². The first-order valence-corrected chi connectivity index (χ1v) is 6.62. The van der Waals surface area contributed by atoms with Gasteiger partial charge in [-0.2, -0.15) is 0 Å². The van der Waals surface area contributed by atoms with E-state index in [-0.39, 0.29) is 0 Å². The SMILES string of the molecule is CCCNCC(C)(O)c1cccc(CCC)c1. The van der Waals surface area contributed by atoms with Crippen molar-refractivity contribution in [3.05, 3.63) is 35.4 Å². The molecular weight excluding hydrogens is 210 g/mol. The molecule has 1 rings (SSSR count). The molecule has 2 heteroatoms. The van der Waals surface area contributed by atoms with Crippen LogP contribution >= 0.6 is 0 Å². The first-order valence-electron chi connectivity index (χ1n) is 6.62. The molecule has 0 heterocycles. The lowest BCUT2D eigenvalue weighted by Gasteiger charge is -2.25. The van der Waals surface area contributed by atoms with Gasteiger partial charge in [0.05, 0.1) is 5.60 Å². The van der Waals surface area contributed by atoms with Crippen molar-refractivity contribution < 1.29 is 5.11 Å². The molecule has 0 bridgehead atoms. The summed E-state index contributed by atoms with van der Waals surface area (Å²) in [5, 5.41) is 13.7. The number of aliphatic hydroxyl groups is 1. The van der Waals surface area contributed by atoms with Crippen LogP contribution in [0.5, 0.6) is 0 Å². The number of hydrogen-bond acceptors (Lipinski definition) is 2. The molecule has 17 heavy (non-hydrogen) atoms. The minimum Gasteiger partial charge on any atom is -0.384 e. The Kier molecular flexibility index (Phi) is 5.66. The zero-order valence-electron chi connectivity index (χ0n) is 11.3. The molecule has 0 radical (unpaired) electrons. The summed E-state index contributed by atoms with van der Waals surface area (Å²) in [4.78, 5) is 0. The zero-order valence-corrected chi connectivity index (χ0v) is 11.3. The Morgan fingerprint density at radius 3 is 2.65 bits per heavy atom. The van der Waals surface area contributed by atoms with Crippen molar-refractivity contribution in [2.45, 2.75) is 45.6 Å². The summed E-state index contributed by atoms with van der Waals surface area (Å²) < 4.78 is 0. The van der Waals surface area contributed by atoms with Crippen molar-refractivity contribution in [3.63, 3.8) is 0 Å². The fraction of sp³-hybridized carbons (Fsp3) is 0.600. The van der Waals surface area contributed by atoms with Crippen molar-refractivity contribution >= 4 is 0 Å². The molecule has 96 valence electrons. The number of hydrogen-bond donors (Lipinski definition) is 2. The largest absolute Gasteiger partial charge is 0.384 e. The Morgan fingerprint density at radius 2 is 2.00 bits per heavy atom. The summed E-state index contributed by atoms with van der Waals surface area (Å²) in [6.45, 7) is 7.74. The first-order chi connectivity index (χ1) is 8.10. The van der Waals surface area contributed by atoms with Crippen LogP contribution in [0.25, 0.3) is 0 Å². The van der Waals surface area contributed by atoms with Crippen LogP contribution in [0.15, 0.2) is 24.3 Å². The summed E-state index contributed by atoms with van der Waals surface area (Å²) >= 11 is 0. The Labute approximate surface area is 105 Å². The topological polar surface area (TPSA) is 32.3 Å². The van der Waals surface area contributed by atoms with Crippen molar-refractivity contribution in [2.24, 2.45) is 0 Å². The second kappa shape index (κ2) is 6.77. The number of aryl methyl sites for hydroxylation is 1. The Bertz CT molecular complexity index is 333. The van der Waals surface area contributed by atoms with Gasteiger partial charge >= 0.3 is 0 Å². The fourth-order valence-corrected chi connectivity index (χ4v) is 1.96. The van der Waals surface area contributed by atoms with Crippen molar-refractivity contribution in [1.82, 2.24) is 5.32 Å². The third kappa shape index (κ3) is 4.49. The van der Waals surface area contributed by atoms with Crippen molar-refractivity contribution in [2.75, 3.05) is 13.1 Å². The van der Waals surface area contributed by atoms with Gasteiger partial charge in [-0.05, 0) is 37.4 Å². The molecule has 2 nitrogen and oxygen atoms in total. The highest BCUT2D eigenvalue weighted by molar-refractivity contribution is 5.28. The van der Waals surface area contributed by atoms with E-state index >= 15 is 0 Å². The maximum atomic E-state index is 10.4. The molecular formula is C15H25NO. The van der Waals surface area contributed by atoms with Gasteiger partial charge in [0.1, 0.15) is 0 Å². The minimum atomic E-state index is -0.779. The van der Waals surface area contributed by atoms with Gasteiger partial charge in [-0.1, -0.05) is 44.5 Å². The third-order valence-electron chi connectivity index (χ3n) is 2.98. The Hall–Kier alpha value is -0.860. The molecule has 1 atom stereocenters. The average molecular weight is 235 g/mol. The van der Waals surface area contributed by atoms with Crippen LogP contribution in [-0.4, -0.2) is 18.2 Å². The molecule has 0 amide bonds. The van der Waals surface area contributed by atoms with Crippen molar-refractivity contribution in [3.8, 4) is 0 Å². The predicted molar refractivity (Wildman–Crippen MR) is 73.2 cm³/mol. The minimum absolute atomic E-state index is 0.608. The molecule has 0 aliphatic heterocycles. The zero-order chi connectivity index (χ0) is 12.7. The molecule has 0 saturated heterocycles. The van der Waals surface area contributed by atoms with E-state index in [1.165, 1.54) is 5.56 Å². The molecule has 0 aromatic heterocycles. The van der Waals surface area contributed by atoms with E-state index in [1.54, 1.807) is 0 Å². The standard InChI is InChI=1S/C15H25NO/c1-4-7-13-8-6-9-14(11-13)15(3,17)12-16-10-5-2/h6,8-9,11,16-17H,4-5,7,10,12H2,1-3H3. The molecule has 0 aliphatic rings. The lowest BCUT2D eigenvalue weighted by atomic mass is 9.93. The monoisotopic (exact) mass is 235 g/mol. The van der Waals surface area contributed by atoms with E-state index in [1.807, 2.05) is 19.1 Å². The van der Waals surface area contributed by atoms with Crippen LogP contribution in [0.1, 0.15) is 44.7 Å². The molecule has 1 aromatic rings. The molecule has 0 saturated carbocycles. The number of benzene rings is 1. The van der Waals surface area contributed by atoms with Crippen LogP contribution in [-0.2, 0) is 12.0 Å². The fourth-order valence-electron chi connectivity index (χ4n) is 1.96. The summed E-state index contributed by atoms with van der Waals surface area (Å²) in [5.41, 5.74) is 1.53. The second-order valence-electron chi connectivity index (χ2n) is 4.90. The average Bonchev–Trinajstić information content (AvgIpc) is 2.30. The quantitative estimate of drug-likeness (QED) is 0.712. The van der Waals surface area contributed by atoms with E-state index < -0.39 is 5.60 Å². The highest BCUT2D eigenvalue weighted by Crippen LogP contribution is 2.21. The molecule has 1 unspecified atom stereocenters. The van der Waals surface area contributed by atoms with Crippen LogP contribution in [0.4, 0.5) is 0 Å². The van der Waals surface area contributed by atoms with E-state index in [4.69, 9.17) is 0 Å².